The van der Waals surface area contributed by atoms with Crippen LogP contribution in [0.15, 0.2) is 48.0 Å². The third-order valence-electron chi connectivity index (χ3n) is 5.41. The van der Waals surface area contributed by atoms with Gasteiger partial charge in [-0.15, -0.1) is 0 Å². The largest absolute Gasteiger partial charge is 0.507 e. The van der Waals surface area contributed by atoms with Gasteiger partial charge in [-0.25, -0.2) is 4.39 Å². The summed E-state index contributed by atoms with van der Waals surface area (Å²) in [7, 11) is 5.25. The second kappa shape index (κ2) is 10.5. The number of aliphatic hydroxyl groups excluding tert-OH is 1. The van der Waals surface area contributed by atoms with Gasteiger partial charge in [-0.05, 0) is 62.5 Å². The molecule has 33 heavy (non-hydrogen) atoms. The summed E-state index contributed by atoms with van der Waals surface area (Å²) in [6, 6.07) is 9.49. The van der Waals surface area contributed by atoms with E-state index >= 15 is 0 Å². The number of carbonyl (C=O) groups is 2. The van der Waals surface area contributed by atoms with Gasteiger partial charge >= 0.3 is 0 Å². The molecule has 1 heterocycles. The number of likely N-dealkylation sites (tertiary alicyclic amines) is 1. The van der Waals surface area contributed by atoms with Gasteiger partial charge in [-0.3, -0.25) is 9.59 Å². The summed E-state index contributed by atoms with van der Waals surface area (Å²) in [4.78, 5) is 29.3. The van der Waals surface area contributed by atoms with Crippen molar-refractivity contribution in [2.45, 2.75) is 19.4 Å². The fourth-order valence-electron chi connectivity index (χ4n) is 3.71. The number of nitrogens with zero attached hydrogens (tertiary/aromatic N) is 2. The van der Waals surface area contributed by atoms with Crippen LogP contribution < -0.4 is 9.47 Å². The van der Waals surface area contributed by atoms with E-state index in [1.54, 1.807) is 18.2 Å². The third-order valence-corrected chi connectivity index (χ3v) is 5.41. The lowest BCUT2D eigenvalue weighted by atomic mass is 9.95. The van der Waals surface area contributed by atoms with Crippen LogP contribution >= 0.6 is 0 Å². The summed E-state index contributed by atoms with van der Waals surface area (Å²) < 4.78 is 24.6. The summed E-state index contributed by atoms with van der Waals surface area (Å²) in [6.45, 7) is 3.31. The number of halogens is 1. The number of benzene rings is 2. The van der Waals surface area contributed by atoms with Gasteiger partial charge in [-0.1, -0.05) is 13.0 Å². The van der Waals surface area contributed by atoms with E-state index in [4.69, 9.17) is 9.47 Å². The van der Waals surface area contributed by atoms with Crippen molar-refractivity contribution in [3.63, 3.8) is 0 Å². The Hall–Kier alpha value is -3.39. The number of carbonyl (C=O) groups excluding carboxylic acids is 2. The van der Waals surface area contributed by atoms with E-state index in [2.05, 4.69) is 0 Å². The van der Waals surface area contributed by atoms with E-state index in [0.717, 1.165) is 6.42 Å². The Balaban J connectivity index is 2.14. The molecule has 1 N–H and O–H groups in total. The number of aliphatic hydroxyl groups is 1. The SMILES string of the molecule is CCCOc1ccc([C@@H]2/C(=C(\O)c3ccc(F)cc3)C(=O)C(=O)N2CCN(C)C)cc1OC. The Bertz CT molecular complexity index is 1050. The molecule has 176 valence electrons. The maximum absolute atomic E-state index is 13.4. The normalized spacial score (nSPS) is 17.6. The summed E-state index contributed by atoms with van der Waals surface area (Å²) in [5.41, 5.74) is 0.800. The van der Waals surface area contributed by atoms with Crippen LogP contribution in [0.4, 0.5) is 4.39 Å². The van der Waals surface area contributed by atoms with Crippen LogP contribution in [0.25, 0.3) is 5.76 Å². The Labute approximate surface area is 193 Å². The fourth-order valence-corrected chi connectivity index (χ4v) is 3.71. The average molecular weight is 457 g/mol. The molecule has 1 atom stereocenters. The molecule has 1 aliphatic rings. The summed E-state index contributed by atoms with van der Waals surface area (Å²) in [5.74, 6) is -1.30. The molecular weight excluding hydrogens is 427 g/mol. The van der Waals surface area contributed by atoms with Crippen molar-refractivity contribution in [1.29, 1.82) is 0 Å². The molecule has 8 heteroatoms. The predicted molar refractivity (Wildman–Crippen MR) is 123 cm³/mol. The summed E-state index contributed by atoms with van der Waals surface area (Å²) in [5, 5.41) is 11.0. The van der Waals surface area contributed by atoms with Gasteiger partial charge in [0.05, 0.1) is 25.3 Å². The highest BCUT2D eigenvalue weighted by Crippen LogP contribution is 2.41. The topological polar surface area (TPSA) is 79.3 Å². The van der Waals surface area contributed by atoms with E-state index in [1.165, 1.54) is 36.3 Å². The van der Waals surface area contributed by atoms with Gasteiger partial charge in [0.1, 0.15) is 11.6 Å². The quantitative estimate of drug-likeness (QED) is 0.353. The first-order chi connectivity index (χ1) is 15.8. The van der Waals surface area contributed by atoms with Crippen LogP contribution in [-0.2, 0) is 9.59 Å². The Morgan fingerprint density at radius 1 is 1.12 bits per heavy atom. The van der Waals surface area contributed by atoms with Crippen LogP contribution in [0.5, 0.6) is 11.5 Å². The predicted octanol–water partition coefficient (Wildman–Crippen LogP) is 3.61. The van der Waals surface area contributed by atoms with Crippen molar-refractivity contribution in [3.05, 3.63) is 65.0 Å². The lowest BCUT2D eigenvalue weighted by Gasteiger charge is -2.27. The molecule has 3 rings (SSSR count). The fraction of sp³-hybridized carbons (Fsp3) is 0.360. The van der Waals surface area contributed by atoms with Crippen molar-refractivity contribution in [2.24, 2.45) is 0 Å². The van der Waals surface area contributed by atoms with Gasteiger partial charge in [0, 0.05) is 18.7 Å². The lowest BCUT2D eigenvalue weighted by Crippen LogP contribution is -2.35. The standard InChI is InChI=1S/C25H29FN2O5/c1-5-14-33-19-11-8-17(15-20(19)32-4)22-21(23(29)16-6-9-18(26)10-7-16)24(30)25(31)28(22)13-12-27(2)3/h6-11,15,22,29H,5,12-14H2,1-4H3/b23-21+/t22-/m1/s1. The molecule has 7 nitrogen and oxygen atoms in total. The molecular formula is C25H29FN2O5. The van der Waals surface area contributed by atoms with Gasteiger partial charge in [-0.2, -0.15) is 0 Å². The zero-order chi connectivity index (χ0) is 24.1. The Kier molecular flexibility index (Phi) is 7.71. The molecule has 1 amide bonds. The molecule has 0 saturated carbocycles. The van der Waals surface area contributed by atoms with E-state index in [9.17, 15) is 19.1 Å². The van der Waals surface area contributed by atoms with Crippen LogP contribution in [0.2, 0.25) is 0 Å². The maximum atomic E-state index is 13.4. The highest BCUT2D eigenvalue weighted by atomic mass is 19.1. The van der Waals surface area contributed by atoms with Gasteiger partial charge in [0.2, 0.25) is 0 Å². The lowest BCUT2D eigenvalue weighted by molar-refractivity contribution is -0.140. The minimum atomic E-state index is -0.830. The van der Waals surface area contributed by atoms with Crippen LogP contribution in [0, 0.1) is 5.82 Å². The van der Waals surface area contributed by atoms with Gasteiger partial charge in [0.25, 0.3) is 11.7 Å². The van der Waals surface area contributed by atoms with Crippen molar-refractivity contribution in [2.75, 3.05) is 40.9 Å². The Morgan fingerprint density at radius 2 is 1.82 bits per heavy atom. The minimum absolute atomic E-state index is 0.0466. The number of amides is 1. The number of likely N-dealkylation sites (N-methyl/N-ethyl adjacent to an activating group) is 1. The van der Waals surface area contributed by atoms with Crippen molar-refractivity contribution >= 4 is 17.4 Å². The number of rotatable bonds is 9. The molecule has 0 spiro atoms. The van der Waals surface area contributed by atoms with Gasteiger partial charge in [0.15, 0.2) is 11.5 Å². The zero-order valence-electron chi connectivity index (χ0n) is 19.3. The molecule has 0 aliphatic carbocycles. The highest BCUT2D eigenvalue weighted by Gasteiger charge is 2.46. The molecule has 0 aromatic heterocycles. The van der Waals surface area contributed by atoms with Crippen LogP contribution in [0.3, 0.4) is 0 Å². The molecule has 1 fully saturated rings. The number of hydrogen-bond donors (Lipinski definition) is 1. The van der Waals surface area contributed by atoms with Crippen LogP contribution in [0.1, 0.15) is 30.5 Å². The molecule has 1 aliphatic heterocycles. The van der Waals surface area contributed by atoms with E-state index in [1.807, 2.05) is 25.9 Å². The number of hydrogen-bond acceptors (Lipinski definition) is 6. The first-order valence-corrected chi connectivity index (χ1v) is 10.8. The van der Waals surface area contributed by atoms with Crippen molar-refractivity contribution in [3.8, 4) is 11.5 Å². The second-order valence-corrected chi connectivity index (χ2v) is 8.06. The summed E-state index contributed by atoms with van der Waals surface area (Å²) in [6.07, 6.45) is 0.827. The van der Waals surface area contributed by atoms with Crippen molar-refractivity contribution in [1.82, 2.24) is 9.80 Å². The molecule has 2 aromatic rings. The monoisotopic (exact) mass is 456 g/mol. The first-order valence-electron chi connectivity index (χ1n) is 10.8. The molecule has 0 radical (unpaired) electrons. The molecule has 2 aromatic carbocycles. The van der Waals surface area contributed by atoms with E-state index < -0.39 is 23.5 Å². The highest BCUT2D eigenvalue weighted by molar-refractivity contribution is 6.46. The number of ether oxygens (including phenoxy) is 2. The molecule has 0 unspecified atom stereocenters. The molecule has 1 saturated heterocycles. The number of methoxy groups -OCH3 is 1. The molecule has 0 bridgehead atoms. The van der Waals surface area contributed by atoms with Crippen molar-refractivity contribution < 1.29 is 28.6 Å². The zero-order valence-corrected chi connectivity index (χ0v) is 19.3. The van der Waals surface area contributed by atoms with E-state index in [0.29, 0.717) is 30.2 Å². The summed E-state index contributed by atoms with van der Waals surface area (Å²) >= 11 is 0. The number of ketones is 1. The second-order valence-electron chi connectivity index (χ2n) is 8.06. The minimum Gasteiger partial charge on any atom is -0.507 e. The average Bonchev–Trinajstić information content (AvgIpc) is 3.06. The number of Topliss-reactive ketones (excluding diaryl/α,β-unsaturated/α-hetero) is 1. The van der Waals surface area contributed by atoms with E-state index in [-0.39, 0.29) is 23.4 Å². The van der Waals surface area contributed by atoms with Crippen LogP contribution in [-0.4, -0.2) is 67.5 Å². The van der Waals surface area contributed by atoms with Gasteiger partial charge < -0.3 is 24.4 Å². The third kappa shape index (κ3) is 5.17. The smallest absolute Gasteiger partial charge is 0.295 e. The first kappa shape index (κ1) is 24.3. The maximum Gasteiger partial charge on any atom is 0.295 e. The Morgan fingerprint density at radius 3 is 2.42 bits per heavy atom.